The van der Waals surface area contributed by atoms with E-state index in [1.165, 1.54) is 0 Å². The fourth-order valence-corrected chi connectivity index (χ4v) is 1.46. The molecule has 16 heavy (non-hydrogen) atoms. The molecule has 0 aliphatic carbocycles. The Morgan fingerprint density at radius 3 is 2.69 bits per heavy atom. The molecule has 0 spiro atoms. The minimum atomic E-state index is -1.10. The first-order valence-corrected chi connectivity index (χ1v) is 4.79. The molecule has 0 atom stereocenters. The number of hydrogen-bond acceptors (Lipinski definition) is 2. The normalized spacial score (nSPS) is 10.1. The fourth-order valence-electron chi connectivity index (χ4n) is 1.46. The van der Waals surface area contributed by atoms with Gasteiger partial charge in [0, 0.05) is 6.07 Å². The molecule has 1 aromatic heterocycles. The summed E-state index contributed by atoms with van der Waals surface area (Å²) in [5, 5.41) is 15.2. The molecule has 2 N–H and O–H groups in total. The van der Waals surface area contributed by atoms with E-state index >= 15 is 0 Å². The maximum Gasteiger partial charge on any atom is 0.410 e. The topological polar surface area (TPSA) is 67.2 Å². The summed E-state index contributed by atoms with van der Waals surface area (Å²) in [6.45, 7) is 1.81. The molecule has 5 nitrogen and oxygen atoms in total. The zero-order valence-electron chi connectivity index (χ0n) is 8.71. The third kappa shape index (κ3) is 2.03. The van der Waals surface area contributed by atoms with Gasteiger partial charge in [-0.1, -0.05) is 18.2 Å². The van der Waals surface area contributed by atoms with Crippen LogP contribution in [0.3, 0.4) is 0 Å². The van der Waals surface area contributed by atoms with Crippen LogP contribution < -0.4 is 5.32 Å². The molecule has 5 heteroatoms. The van der Waals surface area contributed by atoms with Gasteiger partial charge in [-0.25, -0.2) is 9.48 Å². The van der Waals surface area contributed by atoms with Crippen LogP contribution in [0.2, 0.25) is 0 Å². The number of amides is 1. The van der Waals surface area contributed by atoms with E-state index in [9.17, 15) is 4.79 Å². The zero-order chi connectivity index (χ0) is 11.5. The number of benzene rings is 1. The Morgan fingerprint density at radius 2 is 2.06 bits per heavy atom. The molecule has 0 aliphatic rings. The maximum absolute atomic E-state index is 10.6. The highest BCUT2D eigenvalue weighted by atomic mass is 16.4. The van der Waals surface area contributed by atoms with E-state index in [0.29, 0.717) is 5.82 Å². The number of aromatic nitrogens is 2. The van der Waals surface area contributed by atoms with E-state index in [0.717, 1.165) is 11.4 Å². The molecule has 0 aliphatic heterocycles. The minimum Gasteiger partial charge on any atom is -0.465 e. The first-order chi connectivity index (χ1) is 7.66. The maximum atomic E-state index is 10.6. The molecule has 0 saturated carbocycles. The molecule has 82 valence electrons. The molecule has 0 unspecified atom stereocenters. The van der Waals surface area contributed by atoms with Crippen molar-refractivity contribution >= 4 is 11.9 Å². The van der Waals surface area contributed by atoms with Crippen molar-refractivity contribution in [1.29, 1.82) is 0 Å². The highest BCUT2D eigenvalue weighted by Crippen LogP contribution is 2.16. The van der Waals surface area contributed by atoms with Gasteiger partial charge in [-0.3, -0.25) is 5.32 Å². The van der Waals surface area contributed by atoms with E-state index in [1.807, 2.05) is 37.3 Å². The highest BCUT2D eigenvalue weighted by molar-refractivity contribution is 5.82. The van der Waals surface area contributed by atoms with E-state index < -0.39 is 6.09 Å². The van der Waals surface area contributed by atoms with Gasteiger partial charge in [0.15, 0.2) is 0 Å². The van der Waals surface area contributed by atoms with Gasteiger partial charge in [0.2, 0.25) is 0 Å². The number of aryl methyl sites for hydroxylation is 1. The zero-order valence-corrected chi connectivity index (χ0v) is 8.71. The third-order valence-electron chi connectivity index (χ3n) is 2.07. The predicted octanol–water partition coefficient (Wildman–Crippen LogP) is 2.27. The van der Waals surface area contributed by atoms with E-state index in [2.05, 4.69) is 10.4 Å². The molecule has 0 bridgehead atoms. The summed E-state index contributed by atoms with van der Waals surface area (Å²) in [7, 11) is 0. The van der Waals surface area contributed by atoms with Gasteiger partial charge < -0.3 is 5.11 Å². The standard InChI is InChI=1S/C11H11N3O2/c1-8-7-10(12-11(15)16)14(13-8)9-5-3-2-4-6-9/h2-7,12H,1H3,(H,15,16). The van der Waals surface area contributed by atoms with Crippen molar-refractivity contribution in [1.82, 2.24) is 9.78 Å². The average molecular weight is 217 g/mol. The van der Waals surface area contributed by atoms with Crippen LogP contribution in [0.25, 0.3) is 5.69 Å². The molecule has 2 rings (SSSR count). The number of nitrogens with one attached hydrogen (secondary N) is 1. The molecular formula is C11H11N3O2. The van der Waals surface area contributed by atoms with Crippen LogP contribution >= 0.6 is 0 Å². The predicted molar refractivity (Wildman–Crippen MR) is 59.9 cm³/mol. The second kappa shape index (κ2) is 4.06. The number of carboxylic acid groups (broad SMARTS) is 1. The lowest BCUT2D eigenvalue weighted by Gasteiger charge is -2.05. The minimum absolute atomic E-state index is 0.441. The SMILES string of the molecule is Cc1cc(NC(=O)O)n(-c2ccccc2)n1. The molecule has 2 aromatic rings. The van der Waals surface area contributed by atoms with Crippen molar-refractivity contribution in [3.8, 4) is 5.69 Å². The molecule has 1 amide bonds. The molecule has 0 fully saturated rings. The Hall–Kier alpha value is -2.30. The van der Waals surface area contributed by atoms with E-state index in [-0.39, 0.29) is 0 Å². The average Bonchev–Trinajstić information content (AvgIpc) is 2.60. The van der Waals surface area contributed by atoms with E-state index in [4.69, 9.17) is 5.11 Å². The van der Waals surface area contributed by atoms with Crippen molar-refractivity contribution in [3.63, 3.8) is 0 Å². The van der Waals surface area contributed by atoms with Crippen molar-refractivity contribution in [2.75, 3.05) is 5.32 Å². The van der Waals surface area contributed by atoms with Gasteiger partial charge in [-0.2, -0.15) is 5.10 Å². The summed E-state index contributed by atoms with van der Waals surface area (Å²) in [6.07, 6.45) is -1.10. The van der Waals surface area contributed by atoms with Gasteiger partial charge in [0.1, 0.15) is 5.82 Å². The Balaban J connectivity index is 2.44. The number of para-hydroxylation sites is 1. The Labute approximate surface area is 92.3 Å². The number of nitrogens with zero attached hydrogens (tertiary/aromatic N) is 2. The highest BCUT2D eigenvalue weighted by Gasteiger charge is 2.08. The summed E-state index contributed by atoms with van der Waals surface area (Å²) < 4.78 is 1.56. The molecular weight excluding hydrogens is 206 g/mol. The third-order valence-corrected chi connectivity index (χ3v) is 2.07. The monoisotopic (exact) mass is 217 g/mol. The van der Waals surface area contributed by atoms with Gasteiger partial charge in [-0.15, -0.1) is 0 Å². The van der Waals surface area contributed by atoms with Gasteiger partial charge >= 0.3 is 6.09 Å². The van der Waals surface area contributed by atoms with Gasteiger partial charge in [0.25, 0.3) is 0 Å². The molecule has 1 aromatic carbocycles. The Bertz CT molecular complexity index is 505. The second-order valence-electron chi connectivity index (χ2n) is 3.35. The van der Waals surface area contributed by atoms with Crippen LogP contribution in [-0.2, 0) is 0 Å². The van der Waals surface area contributed by atoms with Crippen molar-refractivity contribution in [2.24, 2.45) is 0 Å². The largest absolute Gasteiger partial charge is 0.465 e. The second-order valence-corrected chi connectivity index (χ2v) is 3.35. The van der Waals surface area contributed by atoms with Gasteiger partial charge in [-0.05, 0) is 19.1 Å². The van der Waals surface area contributed by atoms with Crippen LogP contribution in [0.4, 0.5) is 10.6 Å². The van der Waals surface area contributed by atoms with Crippen LogP contribution in [0.15, 0.2) is 36.4 Å². The quantitative estimate of drug-likeness (QED) is 0.810. The lowest BCUT2D eigenvalue weighted by Crippen LogP contribution is -2.11. The Kier molecular flexibility index (Phi) is 2.59. The number of rotatable bonds is 2. The summed E-state index contributed by atoms with van der Waals surface area (Å²) >= 11 is 0. The van der Waals surface area contributed by atoms with Crippen LogP contribution in [0.1, 0.15) is 5.69 Å². The summed E-state index contributed by atoms with van der Waals surface area (Å²) in [5.41, 5.74) is 1.58. The van der Waals surface area contributed by atoms with Crippen LogP contribution in [0.5, 0.6) is 0 Å². The van der Waals surface area contributed by atoms with Crippen molar-refractivity contribution in [3.05, 3.63) is 42.1 Å². The number of carbonyl (C=O) groups is 1. The first-order valence-electron chi connectivity index (χ1n) is 4.79. The smallest absolute Gasteiger partial charge is 0.410 e. The lowest BCUT2D eigenvalue weighted by molar-refractivity contribution is 0.209. The summed E-state index contributed by atoms with van der Waals surface area (Å²) in [6, 6.07) is 11.0. The first kappa shape index (κ1) is 10.2. The summed E-state index contributed by atoms with van der Waals surface area (Å²) in [5.74, 6) is 0.441. The van der Waals surface area contributed by atoms with Crippen molar-refractivity contribution in [2.45, 2.75) is 6.92 Å². The fraction of sp³-hybridized carbons (Fsp3) is 0.0909. The van der Waals surface area contributed by atoms with Crippen molar-refractivity contribution < 1.29 is 9.90 Å². The van der Waals surface area contributed by atoms with Crippen LogP contribution in [0, 0.1) is 6.92 Å². The molecule has 1 heterocycles. The number of anilines is 1. The van der Waals surface area contributed by atoms with E-state index in [1.54, 1.807) is 10.7 Å². The molecule has 0 saturated heterocycles. The lowest BCUT2D eigenvalue weighted by atomic mass is 10.3. The summed E-state index contributed by atoms with van der Waals surface area (Å²) in [4.78, 5) is 10.6. The molecule has 0 radical (unpaired) electrons. The van der Waals surface area contributed by atoms with Gasteiger partial charge in [0.05, 0.1) is 11.4 Å². The number of hydrogen-bond donors (Lipinski definition) is 2. The van der Waals surface area contributed by atoms with Crippen LogP contribution in [-0.4, -0.2) is 21.0 Å². The Morgan fingerprint density at radius 1 is 1.38 bits per heavy atom.